The zero-order chi connectivity index (χ0) is 12.9. The van der Waals surface area contributed by atoms with E-state index in [1.165, 1.54) is 0 Å². The van der Waals surface area contributed by atoms with Crippen molar-refractivity contribution in [1.29, 1.82) is 0 Å². The molecule has 16 heavy (non-hydrogen) atoms. The number of rotatable bonds is 7. The lowest BCUT2D eigenvalue weighted by Gasteiger charge is -2.23. The molecule has 0 aliphatic heterocycles. The number of aliphatic hydroxyl groups excluding tert-OH is 1. The number of carboxylic acids is 1. The third-order valence-corrected chi connectivity index (χ3v) is 3.20. The van der Waals surface area contributed by atoms with Crippen molar-refractivity contribution in [2.24, 2.45) is 17.8 Å². The van der Waals surface area contributed by atoms with Gasteiger partial charge >= 0.3 is 5.97 Å². The molecule has 0 aromatic heterocycles. The third kappa shape index (κ3) is 5.71. The van der Waals surface area contributed by atoms with E-state index in [4.69, 9.17) is 16.7 Å². The van der Waals surface area contributed by atoms with Crippen LogP contribution in [0, 0.1) is 17.8 Å². The second kappa shape index (κ2) is 7.13. The highest BCUT2D eigenvalue weighted by Crippen LogP contribution is 2.23. The molecule has 0 aliphatic rings. The van der Waals surface area contributed by atoms with E-state index in [-0.39, 0.29) is 17.7 Å². The summed E-state index contributed by atoms with van der Waals surface area (Å²) in [6, 6.07) is 0. The summed E-state index contributed by atoms with van der Waals surface area (Å²) < 4.78 is 0. The van der Waals surface area contributed by atoms with Crippen LogP contribution < -0.4 is 0 Å². The summed E-state index contributed by atoms with van der Waals surface area (Å²) in [5.74, 6) is -0.972. The van der Waals surface area contributed by atoms with E-state index in [0.29, 0.717) is 12.3 Å². The van der Waals surface area contributed by atoms with E-state index in [2.05, 4.69) is 0 Å². The number of aliphatic carboxylic acids is 1. The van der Waals surface area contributed by atoms with Gasteiger partial charge in [-0.2, -0.15) is 0 Å². The Morgan fingerprint density at radius 1 is 1.19 bits per heavy atom. The molecule has 0 fully saturated rings. The summed E-state index contributed by atoms with van der Waals surface area (Å²) in [6.45, 7) is 7.74. The Labute approximate surface area is 103 Å². The van der Waals surface area contributed by atoms with Crippen molar-refractivity contribution in [3.63, 3.8) is 0 Å². The Kier molecular flexibility index (Phi) is 7.00. The van der Waals surface area contributed by atoms with Gasteiger partial charge in [0.05, 0.1) is 17.4 Å². The van der Waals surface area contributed by atoms with Gasteiger partial charge in [0, 0.05) is 0 Å². The number of hydrogen-bond acceptors (Lipinski definition) is 2. The highest BCUT2D eigenvalue weighted by Gasteiger charge is 2.28. The van der Waals surface area contributed by atoms with E-state index in [0.717, 1.165) is 0 Å². The maximum atomic E-state index is 11.0. The monoisotopic (exact) mass is 250 g/mol. The molecule has 0 spiro atoms. The average molecular weight is 251 g/mol. The van der Waals surface area contributed by atoms with Crippen LogP contribution in [0.25, 0.3) is 0 Å². The average Bonchev–Trinajstić information content (AvgIpc) is 2.11. The third-order valence-electron chi connectivity index (χ3n) is 2.73. The van der Waals surface area contributed by atoms with E-state index in [1.54, 1.807) is 0 Å². The predicted molar refractivity (Wildman–Crippen MR) is 65.7 cm³/mol. The van der Waals surface area contributed by atoms with Crippen molar-refractivity contribution in [3.05, 3.63) is 0 Å². The fraction of sp³-hybridized carbons (Fsp3) is 0.917. The second-order valence-corrected chi connectivity index (χ2v) is 5.70. The first kappa shape index (κ1) is 15.7. The lowest BCUT2D eigenvalue weighted by molar-refractivity contribution is -0.144. The van der Waals surface area contributed by atoms with Gasteiger partial charge in [0.15, 0.2) is 0 Å². The summed E-state index contributed by atoms with van der Waals surface area (Å²) >= 11 is 6.04. The molecule has 0 aromatic rings. The smallest absolute Gasteiger partial charge is 0.306 e. The number of carboxylic acid groups (broad SMARTS) is 1. The summed E-state index contributed by atoms with van der Waals surface area (Å²) in [5, 5.41) is 18.5. The number of alkyl halides is 1. The molecule has 0 rings (SSSR count). The van der Waals surface area contributed by atoms with Gasteiger partial charge in [-0.05, 0) is 24.7 Å². The number of halogens is 1. The molecule has 2 N–H and O–H groups in total. The van der Waals surface area contributed by atoms with Crippen molar-refractivity contribution >= 4 is 17.6 Å². The normalized spacial score (nSPS) is 17.5. The second-order valence-electron chi connectivity index (χ2n) is 5.14. The highest BCUT2D eigenvalue weighted by molar-refractivity contribution is 6.21. The fourth-order valence-corrected chi connectivity index (χ4v) is 2.13. The van der Waals surface area contributed by atoms with Crippen LogP contribution in [0.1, 0.15) is 40.5 Å². The molecule has 4 heteroatoms. The van der Waals surface area contributed by atoms with Gasteiger partial charge in [0.2, 0.25) is 0 Å². The van der Waals surface area contributed by atoms with Gasteiger partial charge in [-0.25, -0.2) is 0 Å². The minimum atomic E-state index is -0.859. The minimum absolute atomic E-state index is 0.00932. The summed E-state index contributed by atoms with van der Waals surface area (Å²) in [4.78, 5) is 11.0. The number of aliphatic hydroxyl groups is 1. The van der Waals surface area contributed by atoms with E-state index >= 15 is 0 Å². The summed E-state index contributed by atoms with van der Waals surface area (Å²) in [6.07, 6.45) is 0.189. The molecule has 0 unspecified atom stereocenters. The first-order valence-electron chi connectivity index (χ1n) is 5.80. The molecule has 0 aliphatic carbocycles. The molecule has 96 valence electrons. The quantitative estimate of drug-likeness (QED) is 0.683. The van der Waals surface area contributed by atoms with Gasteiger partial charge in [0.25, 0.3) is 0 Å². The van der Waals surface area contributed by atoms with Crippen molar-refractivity contribution in [2.45, 2.75) is 52.0 Å². The van der Waals surface area contributed by atoms with Crippen molar-refractivity contribution in [1.82, 2.24) is 0 Å². The van der Waals surface area contributed by atoms with Gasteiger partial charge in [-0.15, -0.1) is 11.6 Å². The molecule has 3 nitrogen and oxygen atoms in total. The minimum Gasteiger partial charge on any atom is -0.481 e. The molecule has 0 radical (unpaired) electrons. The predicted octanol–water partition coefficient (Wildman–Crippen LogP) is 2.75. The van der Waals surface area contributed by atoms with Gasteiger partial charge in [-0.3, -0.25) is 4.79 Å². The first-order valence-corrected chi connectivity index (χ1v) is 6.24. The van der Waals surface area contributed by atoms with Gasteiger partial charge in [0.1, 0.15) is 0 Å². The zero-order valence-electron chi connectivity index (χ0n) is 10.5. The molecule has 0 heterocycles. The maximum Gasteiger partial charge on any atom is 0.306 e. The fourth-order valence-electron chi connectivity index (χ4n) is 1.67. The summed E-state index contributed by atoms with van der Waals surface area (Å²) in [5.41, 5.74) is 0. The van der Waals surface area contributed by atoms with Crippen LogP contribution >= 0.6 is 11.6 Å². The Morgan fingerprint density at radius 3 is 2.00 bits per heavy atom. The van der Waals surface area contributed by atoms with Crippen LogP contribution in [0.5, 0.6) is 0 Å². The SMILES string of the molecule is CC(C)C[C@@H](Cl)[C@@H](O)C[C@H](C(=O)O)C(C)C. The zero-order valence-corrected chi connectivity index (χ0v) is 11.2. The molecular weight excluding hydrogens is 228 g/mol. The van der Waals surface area contributed by atoms with Crippen molar-refractivity contribution in [3.8, 4) is 0 Å². The first-order chi connectivity index (χ1) is 7.25. The Morgan fingerprint density at radius 2 is 1.69 bits per heavy atom. The van der Waals surface area contributed by atoms with Crippen LogP contribution in [0.2, 0.25) is 0 Å². The molecule has 0 amide bonds. The Balaban J connectivity index is 4.28. The standard InChI is InChI=1S/C12H23ClO3/c1-7(2)5-10(13)11(14)6-9(8(3)4)12(15)16/h7-11,14H,5-6H2,1-4H3,(H,15,16)/t9-,10+,11-/m0/s1. The Bertz CT molecular complexity index is 216. The Hall–Kier alpha value is -0.280. The summed E-state index contributed by atoms with van der Waals surface area (Å²) in [7, 11) is 0. The molecule has 0 saturated carbocycles. The van der Waals surface area contributed by atoms with Crippen molar-refractivity contribution < 1.29 is 15.0 Å². The molecule has 0 bridgehead atoms. The van der Waals surface area contributed by atoms with Gasteiger partial charge in [-0.1, -0.05) is 27.7 Å². The lowest BCUT2D eigenvalue weighted by Crippen LogP contribution is -2.30. The molecule has 0 saturated heterocycles. The molecule has 0 aromatic carbocycles. The van der Waals surface area contributed by atoms with Crippen molar-refractivity contribution in [2.75, 3.05) is 0 Å². The van der Waals surface area contributed by atoms with E-state index in [9.17, 15) is 9.90 Å². The van der Waals surface area contributed by atoms with Crippen LogP contribution in [-0.4, -0.2) is 27.7 Å². The molecular formula is C12H23ClO3. The van der Waals surface area contributed by atoms with Gasteiger partial charge < -0.3 is 10.2 Å². The highest BCUT2D eigenvalue weighted by atomic mass is 35.5. The van der Waals surface area contributed by atoms with Crippen LogP contribution in [0.15, 0.2) is 0 Å². The topological polar surface area (TPSA) is 57.5 Å². The lowest BCUT2D eigenvalue weighted by atomic mass is 9.88. The van der Waals surface area contributed by atoms with Crippen LogP contribution in [0.3, 0.4) is 0 Å². The molecule has 3 atom stereocenters. The largest absolute Gasteiger partial charge is 0.481 e. The van der Waals surface area contributed by atoms with Crippen LogP contribution in [-0.2, 0) is 4.79 Å². The van der Waals surface area contributed by atoms with E-state index < -0.39 is 18.0 Å². The maximum absolute atomic E-state index is 11.0. The number of carbonyl (C=O) groups is 1. The van der Waals surface area contributed by atoms with Crippen LogP contribution in [0.4, 0.5) is 0 Å². The van der Waals surface area contributed by atoms with E-state index in [1.807, 2.05) is 27.7 Å². The number of hydrogen-bond donors (Lipinski definition) is 2.